The normalized spacial score (nSPS) is 23.8. The lowest BCUT2D eigenvalue weighted by molar-refractivity contribution is 0.0884. The van der Waals surface area contributed by atoms with E-state index in [0.717, 1.165) is 13.1 Å². The molecule has 1 aliphatic heterocycles. The fourth-order valence-corrected chi connectivity index (χ4v) is 3.81. The van der Waals surface area contributed by atoms with Crippen LogP contribution in [0.4, 0.5) is 0 Å². The molecule has 4 heteroatoms. The third kappa shape index (κ3) is 2.77. The van der Waals surface area contributed by atoms with E-state index in [2.05, 4.69) is 49.3 Å². The molecule has 2 N–H and O–H groups in total. The van der Waals surface area contributed by atoms with Crippen molar-refractivity contribution >= 4 is 0 Å². The number of nitrogens with zero attached hydrogens (tertiary/aromatic N) is 3. The van der Waals surface area contributed by atoms with Crippen LogP contribution in [0.25, 0.3) is 0 Å². The van der Waals surface area contributed by atoms with Crippen LogP contribution >= 0.6 is 0 Å². The smallest absolute Gasteiger partial charge is 0.0644 e. The minimum Gasteiger partial charge on any atom is -0.327 e. The minimum atomic E-state index is 0.236. The van der Waals surface area contributed by atoms with Crippen LogP contribution in [0, 0.1) is 13.8 Å². The van der Waals surface area contributed by atoms with E-state index in [4.69, 9.17) is 5.73 Å². The minimum absolute atomic E-state index is 0.236. The quantitative estimate of drug-likeness (QED) is 0.921. The molecule has 1 aromatic heterocycles. The van der Waals surface area contributed by atoms with Gasteiger partial charge in [-0.3, -0.25) is 9.58 Å². The first kappa shape index (κ1) is 15.5. The number of piperidine rings is 1. The average Bonchev–Trinajstić information content (AvgIpc) is 2.72. The molecule has 3 unspecified atom stereocenters. The Labute approximate surface area is 123 Å². The summed E-state index contributed by atoms with van der Waals surface area (Å²) in [5, 5.41) is 4.67. The van der Waals surface area contributed by atoms with Crippen molar-refractivity contribution in [1.82, 2.24) is 14.7 Å². The topological polar surface area (TPSA) is 47.1 Å². The molecule has 2 rings (SSSR count). The number of rotatable bonds is 4. The van der Waals surface area contributed by atoms with Gasteiger partial charge in [-0.2, -0.15) is 5.10 Å². The molecule has 2 heterocycles. The highest BCUT2D eigenvalue weighted by molar-refractivity contribution is 5.28. The van der Waals surface area contributed by atoms with Gasteiger partial charge in [0.25, 0.3) is 0 Å². The molecule has 114 valence electrons. The number of likely N-dealkylation sites (tertiary alicyclic amines) is 1. The van der Waals surface area contributed by atoms with E-state index in [-0.39, 0.29) is 6.04 Å². The van der Waals surface area contributed by atoms with Gasteiger partial charge in [0.1, 0.15) is 0 Å². The van der Waals surface area contributed by atoms with Crippen molar-refractivity contribution < 1.29 is 0 Å². The molecule has 3 atom stereocenters. The van der Waals surface area contributed by atoms with Gasteiger partial charge in [0, 0.05) is 35.9 Å². The first-order valence-corrected chi connectivity index (χ1v) is 8.02. The highest BCUT2D eigenvalue weighted by Crippen LogP contribution is 2.32. The third-order valence-corrected chi connectivity index (χ3v) is 4.85. The molecular weight excluding hydrogens is 248 g/mol. The summed E-state index contributed by atoms with van der Waals surface area (Å²) in [6.07, 6.45) is 3.82. The van der Waals surface area contributed by atoms with E-state index < -0.39 is 0 Å². The van der Waals surface area contributed by atoms with Crippen LogP contribution in [-0.4, -0.2) is 33.3 Å². The number of aryl methyl sites for hydroxylation is 2. The number of hydrogen-bond donors (Lipinski definition) is 1. The second kappa shape index (κ2) is 6.27. The Hall–Kier alpha value is -0.870. The lowest BCUT2D eigenvalue weighted by atomic mass is 9.93. The van der Waals surface area contributed by atoms with Crippen molar-refractivity contribution in [2.45, 2.75) is 78.6 Å². The van der Waals surface area contributed by atoms with E-state index in [0.29, 0.717) is 12.1 Å². The molecule has 1 aromatic rings. The zero-order valence-corrected chi connectivity index (χ0v) is 13.7. The Morgan fingerprint density at radius 2 is 2.00 bits per heavy atom. The van der Waals surface area contributed by atoms with Crippen LogP contribution in [0.15, 0.2) is 0 Å². The summed E-state index contributed by atoms with van der Waals surface area (Å²) in [6, 6.07) is 1.15. The number of aromatic nitrogens is 2. The maximum Gasteiger partial charge on any atom is 0.0644 e. The summed E-state index contributed by atoms with van der Waals surface area (Å²) < 4.78 is 2.12. The molecule has 0 saturated carbocycles. The van der Waals surface area contributed by atoms with Gasteiger partial charge in [-0.25, -0.2) is 0 Å². The van der Waals surface area contributed by atoms with Crippen LogP contribution in [0.5, 0.6) is 0 Å². The van der Waals surface area contributed by atoms with Gasteiger partial charge in [0.05, 0.1) is 5.69 Å². The molecule has 4 nitrogen and oxygen atoms in total. The Balaban J connectivity index is 2.29. The SMILES string of the molecule is CCn1nc(C)c(C(C)N2CCCCC2C(C)N)c1C. The number of nitrogens with two attached hydrogens (primary N) is 1. The van der Waals surface area contributed by atoms with Crippen LogP contribution in [0.3, 0.4) is 0 Å². The Morgan fingerprint density at radius 3 is 2.55 bits per heavy atom. The molecule has 0 radical (unpaired) electrons. The fraction of sp³-hybridized carbons (Fsp3) is 0.812. The van der Waals surface area contributed by atoms with Gasteiger partial charge in [-0.1, -0.05) is 6.42 Å². The molecule has 1 saturated heterocycles. The zero-order valence-electron chi connectivity index (χ0n) is 13.7. The van der Waals surface area contributed by atoms with Crippen LogP contribution in [-0.2, 0) is 6.54 Å². The second-order valence-electron chi connectivity index (χ2n) is 6.24. The first-order chi connectivity index (χ1) is 9.47. The van der Waals surface area contributed by atoms with Crippen LogP contribution in [0.2, 0.25) is 0 Å². The highest BCUT2D eigenvalue weighted by atomic mass is 15.3. The summed E-state index contributed by atoms with van der Waals surface area (Å²) in [4.78, 5) is 2.60. The molecule has 1 fully saturated rings. The lowest BCUT2D eigenvalue weighted by Gasteiger charge is -2.42. The van der Waals surface area contributed by atoms with Gasteiger partial charge in [0.15, 0.2) is 0 Å². The lowest BCUT2D eigenvalue weighted by Crippen LogP contribution is -2.50. The summed E-state index contributed by atoms with van der Waals surface area (Å²) in [6.45, 7) is 13.0. The Bertz CT molecular complexity index is 450. The number of hydrogen-bond acceptors (Lipinski definition) is 3. The van der Waals surface area contributed by atoms with Gasteiger partial charge in [-0.15, -0.1) is 0 Å². The van der Waals surface area contributed by atoms with Gasteiger partial charge in [-0.05, 0) is 54.0 Å². The van der Waals surface area contributed by atoms with Crippen molar-refractivity contribution in [2.24, 2.45) is 5.73 Å². The maximum atomic E-state index is 6.22. The highest BCUT2D eigenvalue weighted by Gasteiger charge is 2.31. The first-order valence-electron chi connectivity index (χ1n) is 8.02. The molecular formula is C16H30N4. The molecule has 0 aromatic carbocycles. The van der Waals surface area contributed by atoms with E-state index in [9.17, 15) is 0 Å². The summed E-state index contributed by atoms with van der Waals surface area (Å²) in [7, 11) is 0. The molecule has 0 aliphatic carbocycles. The molecule has 0 spiro atoms. The monoisotopic (exact) mass is 278 g/mol. The van der Waals surface area contributed by atoms with Gasteiger partial charge in [0.2, 0.25) is 0 Å². The third-order valence-electron chi connectivity index (χ3n) is 4.85. The van der Waals surface area contributed by atoms with E-state index in [1.807, 2.05) is 0 Å². The van der Waals surface area contributed by atoms with Crippen molar-refractivity contribution in [3.8, 4) is 0 Å². The predicted molar refractivity (Wildman–Crippen MR) is 83.8 cm³/mol. The standard InChI is InChI=1S/C16H30N4/c1-6-20-14(5)16(12(3)18-20)13(4)19-10-8-7-9-15(19)11(2)17/h11,13,15H,6-10,17H2,1-5H3. The maximum absolute atomic E-state index is 6.22. The van der Waals surface area contributed by atoms with E-state index in [1.165, 1.54) is 36.2 Å². The Kier molecular flexibility index (Phi) is 4.86. The zero-order chi connectivity index (χ0) is 14.9. The molecule has 1 aliphatic rings. The van der Waals surface area contributed by atoms with Crippen molar-refractivity contribution in [3.63, 3.8) is 0 Å². The fourth-order valence-electron chi connectivity index (χ4n) is 3.81. The second-order valence-corrected chi connectivity index (χ2v) is 6.24. The van der Waals surface area contributed by atoms with Crippen molar-refractivity contribution in [2.75, 3.05) is 6.54 Å². The largest absolute Gasteiger partial charge is 0.327 e. The van der Waals surface area contributed by atoms with Gasteiger partial charge >= 0.3 is 0 Å². The predicted octanol–water partition coefficient (Wildman–Crippen LogP) is 2.78. The van der Waals surface area contributed by atoms with Crippen molar-refractivity contribution in [3.05, 3.63) is 17.0 Å². The summed E-state index contributed by atoms with van der Waals surface area (Å²) >= 11 is 0. The summed E-state index contributed by atoms with van der Waals surface area (Å²) in [5.41, 5.74) is 10.1. The Morgan fingerprint density at radius 1 is 1.30 bits per heavy atom. The van der Waals surface area contributed by atoms with E-state index in [1.54, 1.807) is 0 Å². The van der Waals surface area contributed by atoms with Crippen LogP contribution in [0.1, 0.15) is 63.0 Å². The van der Waals surface area contributed by atoms with Gasteiger partial charge < -0.3 is 5.73 Å². The van der Waals surface area contributed by atoms with Crippen LogP contribution < -0.4 is 5.73 Å². The average molecular weight is 278 g/mol. The molecule has 0 bridgehead atoms. The molecule has 20 heavy (non-hydrogen) atoms. The summed E-state index contributed by atoms with van der Waals surface area (Å²) in [5.74, 6) is 0. The molecule has 0 amide bonds. The van der Waals surface area contributed by atoms with E-state index >= 15 is 0 Å². The van der Waals surface area contributed by atoms with Crippen molar-refractivity contribution in [1.29, 1.82) is 0 Å².